The van der Waals surface area contributed by atoms with Crippen LogP contribution in [0.3, 0.4) is 0 Å². The number of hydrogen-bond donors (Lipinski definition) is 1. The largest absolute Gasteiger partial charge is 0.496 e. The third kappa shape index (κ3) is 3.11. The zero-order valence-electron chi connectivity index (χ0n) is 11.0. The molecule has 0 amide bonds. The van der Waals surface area contributed by atoms with Crippen molar-refractivity contribution in [2.24, 2.45) is 0 Å². The van der Waals surface area contributed by atoms with Crippen LogP contribution in [-0.4, -0.2) is 12.1 Å². The van der Waals surface area contributed by atoms with Crippen LogP contribution < -0.4 is 10.1 Å². The van der Waals surface area contributed by atoms with Gasteiger partial charge in [-0.05, 0) is 31.0 Å². The average molecular weight is 246 g/mol. The van der Waals surface area contributed by atoms with E-state index in [4.69, 9.17) is 9.15 Å². The van der Waals surface area contributed by atoms with Gasteiger partial charge in [-0.25, -0.2) is 4.98 Å². The molecule has 0 unspecified atom stereocenters. The summed E-state index contributed by atoms with van der Waals surface area (Å²) in [5.41, 5.74) is 2.36. The molecule has 1 N–H and O–H groups in total. The lowest BCUT2D eigenvalue weighted by atomic mass is 10.1. The second-order valence-corrected chi connectivity index (χ2v) is 4.27. The normalized spacial score (nSPS) is 10.6. The van der Waals surface area contributed by atoms with E-state index in [1.54, 1.807) is 13.3 Å². The number of aryl methyl sites for hydroxylation is 2. The summed E-state index contributed by atoms with van der Waals surface area (Å²) in [5.74, 6) is 2.48. The molecule has 0 atom stereocenters. The van der Waals surface area contributed by atoms with Crippen LogP contribution in [0.25, 0.3) is 0 Å². The van der Waals surface area contributed by atoms with Crippen molar-refractivity contribution in [3.63, 3.8) is 0 Å². The maximum atomic E-state index is 5.39. The van der Waals surface area contributed by atoms with E-state index in [0.717, 1.165) is 29.5 Å². The van der Waals surface area contributed by atoms with E-state index < -0.39 is 0 Å². The highest BCUT2D eigenvalue weighted by molar-refractivity contribution is 5.36. The Morgan fingerprint density at radius 2 is 2.11 bits per heavy atom. The fourth-order valence-corrected chi connectivity index (χ4v) is 1.85. The molecule has 2 aromatic rings. The molecule has 4 nitrogen and oxygen atoms in total. The molecule has 96 valence electrons. The number of aromatic nitrogens is 1. The van der Waals surface area contributed by atoms with Crippen molar-refractivity contribution in [3.05, 3.63) is 47.2 Å². The number of rotatable bonds is 5. The zero-order valence-corrected chi connectivity index (χ0v) is 11.0. The molecule has 2 rings (SSSR count). The van der Waals surface area contributed by atoms with Gasteiger partial charge in [0.05, 0.1) is 19.9 Å². The monoisotopic (exact) mass is 246 g/mol. The topological polar surface area (TPSA) is 47.3 Å². The third-order valence-corrected chi connectivity index (χ3v) is 2.73. The van der Waals surface area contributed by atoms with Crippen LogP contribution in [0, 0.1) is 13.8 Å². The van der Waals surface area contributed by atoms with Gasteiger partial charge < -0.3 is 14.5 Å². The highest BCUT2D eigenvalue weighted by Crippen LogP contribution is 2.18. The Balaban J connectivity index is 1.88. The SMILES string of the molecule is COc1ccc(CNCc2ncc(C)o2)cc1C. The van der Waals surface area contributed by atoms with Crippen molar-refractivity contribution in [1.29, 1.82) is 0 Å². The van der Waals surface area contributed by atoms with Gasteiger partial charge in [-0.2, -0.15) is 0 Å². The Hall–Kier alpha value is -1.81. The number of nitrogens with zero attached hydrogens (tertiary/aromatic N) is 1. The molecule has 0 fully saturated rings. The van der Waals surface area contributed by atoms with Crippen LogP contribution in [0.4, 0.5) is 0 Å². The minimum Gasteiger partial charge on any atom is -0.496 e. The number of hydrogen-bond acceptors (Lipinski definition) is 4. The number of ether oxygens (including phenoxy) is 1. The molecule has 0 aliphatic carbocycles. The van der Waals surface area contributed by atoms with Crippen molar-refractivity contribution < 1.29 is 9.15 Å². The number of oxazole rings is 1. The molecule has 0 radical (unpaired) electrons. The van der Waals surface area contributed by atoms with Crippen LogP contribution in [0.2, 0.25) is 0 Å². The molecule has 0 aliphatic rings. The molecule has 0 saturated heterocycles. The first-order chi connectivity index (χ1) is 8.69. The highest BCUT2D eigenvalue weighted by atomic mass is 16.5. The van der Waals surface area contributed by atoms with Gasteiger partial charge in [-0.1, -0.05) is 12.1 Å². The second-order valence-electron chi connectivity index (χ2n) is 4.27. The summed E-state index contributed by atoms with van der Waals surface area (Å²) >= 11 is 0. The van der Waals surface area contributed by atoms with Gasteiger partial charge >= 0.3 is 0 Å². The summed E-state index contributed by atoms with van der Waals surface area (Å²) in [5, 5.41) is 3.30. The Kier molecular flexibility index (Phi) is 3.99. The predicted octanol–water partition coefficient (Wildman–Crippen LogP) is 2.59. The van der Waals surface area contributed by atoms with Crippen LogP contribution in [-0.2, 0) is 13.1 Å². The van der Waals surface area contributed by atoms with Gasteiger partial charge in [0.15, 0.2) is 0 Å². The van der Waals surface area contributed by atoms with E-state index in [0.29, 0.717) is 6.54 Å². The summed E-state index contributed by atoms with van der Waals surface area (Å²) in [7, 11) is 1.69. The maximum absolute atomic E-state index is 5.39. The van der Waals surface area contributed by atoms with Crippen molar-refractivity contribution in [3.8, 4) is 5.75 Å². The molecule has 0 bridgehead atoms. The average Bonchev–Trinajstić information content (AvgIpc) is 2.75. The Morgan fingerprint density at radius 1 is 1.28 bits per heavy atom. The summed E-state index contributed by atoms with van der Waals surface area (Å²) in [4.78, 5) is 4.14. The van der Waals surface area contributed by atoms with Gasteiger partial charge in [-0.3, -0.25) is 0 Å². The van der Waals surface area contributed by atoms with E-state index in [-0.39, 0.29) is 0 Å². The first-order valence-electron chi connectivity index (χ1n) is 5.94. The Labute approximate surface area is 107 Å². The Bertz CT molecular complexity index is 520. The van der Waals surface area contributed by atoms with Gasteiger partial charge in [0, 0.05) is 6.54 Å². The molecule has 0 aliphatic heterocycles. The first-order valence-corrected chi connectivity index (χ1v) is 5.94. The van der Waals surface area contributed by atoms with Crippen LogP contribution >= 0.6 is 0 Å². The number of nitrogens with one attached hydrogen (secondary N) is 1. The molecule has 1 aromatic heterocycles. The zero-order chi connectivity index (χ0) is 13.0. The highest BCUT2D eigenvalue weighted by Gasteiger charge is 2.02. The quantitative estimate of drug-likeness (QED) is 0.881. The number of methoxy groups -OCH3 is 1. The minimum absolute atomic E-state index is 0.638. The van der Waals surface area contributed by atoms with Gasteiger partial charge in [-0.15, -0.1) is 0 Å². The lowest BCUT2D eigenvalue weighted by Crippen LogP contribution is -2.13. The van der Waals surface area contributed by atoms with Crippen molar-refractivity contribution in [2.75, 3.05) is 7.11 Å². The Morgan fingerprint density at radius 3 is 2.72 bits per heavy atom. The third-order valence-electron chi connectivity index (χ3n) is 2.73. The van der Waals surface area contributed by atoms with Crippen LogP contribution in [0.1, 0.15) is 22.8 Å². The summed E-state index contributed by atoms with van der Waals surface area (Å²) in [6.45, 7) is 5.36. The fraction of sp³-hybridized carbons (Fsp3) is 0.357. The molecule has 1 heterocycles. The molecule has 0 saturated carbocycles. The van der Waals surface area contributed by atoms with Gasteiger partial charge in [0.25, 0.3) is 0 Å². The fourth-order valence-electron chi connectivity index (χ4n) is 1.85. The molecule has 0 spiro atoms. The first kappa shape index (κ1) is 12.6. The standard InChI is InChI=1S/C14H18N2O2/c1-10-6-12(4-5-13(10)17-3)8-15-9-14-16-7-11(2)18-14/h4-7,15H,8-9H2,1-3H3. The lowest BCUT2D eigenvalue weighted by Gasteiger charge is -2.07. The van der Waals surface area contributed by atoms with Crippen LogP contribution in [0.5, 0.6) is 5.75 Å². The molecule has 18 heavy (non-hydrogen) atoms. The predicted molar refractivity (Wildman–Crippen MR) is 69.5 cm³/mol. The van der Waals surface area contributed by atoms with E-state index in [2.05, 4.69) is 22.4 Å². The summed E-state index contributed by atoms with van der Waals surface area (Å²) < 4.78 is 10.6. The van der Waals surface area contributed by atoms with E-state index in [1.165, 1.54) is 5.56 Å². The summed E-state index contributed by atoms with van der Waals surface area (Å²) in [6, 6.07) is 6.16. The van der Waals surface area contributed by atoms with Gasteiger partial charge in [0.2, 0.25) is 5.89 Å². The van der Waals surface area contributed by atoms with E-state index in [9.17, 15) is 0 Å². The smallest absolute Gasteiger partial charge is 0.208 e. The van der Waals surface area contributed by atoms with Crippen molar-refractivity contribution in [1.82, 2.24) is 10.3 Å². The lowest BCUT2D eigenvalue weighted by molar-refractivity contribution is 0.411. The van der Waals surface area contributed by atoms with Crippen LogP contribution in [0.15, 0.2) is 28.8 Å². The maximum Gasteiger partial charge on any atom is 0.208 e. The van der Waals surface area contributed by atoms with E-state index in [1.807, 2.05) is 19.9 Å². The summed E-state index contributed by atoms with van der Waals surface area (Å²) in [6.07, 6.45) is 1.73. The molecular formula is C14H18N2O2. The minimum atomic E-state index is 0.638. The van der Waals surface area contributed by atoms with Crippen molar-refractivity contribution >= 4 is 0 Å². The van der Waals surface area contributed by atoms with Gasteiger partial charge in [0.1, 0.15) is 11.5 Å². The number of benzene rings is 1. The molecule has 1 aromatic carbocycles. The van der Waals surface area contributed by atoms with Crippen molar-refractivity contribution in [2.45, 2.75) is 26.9 Å². The molecular weight excluding hydrogens is 228 g/mol. The second kappa shape index (κ2) is 5.69. The van der Waals surface area contributed by atoms with E-state index >= 15 is 0 Å². The molecule has 4 heteroatoms.